The Morgan fingerprint density at radius 2 is 0.638 bits per heavy atom. The van der Waals surface area contributed by atoms with E-state index in [4.69, 9.17) is 15.0 Å². The summed E-state index contributed by atoms with van der Waals surface area (Å²) in [5.74, 6) is 1.94. The fourth-order valence-electron chi connectivity index (χ4n) is 9.35. The van der Waals surface area contributed by atoms with Gasteiger partial charge in [0.15, 0.2) is 17.5 Å². The second-order valence-corrected chi connectivity index (χ2v) is 15.6. The van der Waals surface area contributed by atoms with Crippen molar-refractivity contribution in [3.63, 3.8) is 0 Å². The molecule has 1 aromatic heterocycles. The van der Waals surface area contributed by atoms with Gasteiger partial charge >= 0.3 is 0 Å². The number of fused-ring (bicyclic) bond motifs is 8. The Labute approximate surface area is 337 Å². The Morgan fingerprint density at radius 3 is 1.14 bits per heavy atom. The van der Waals surface area contributed by atoms with Crippen LogP contribution in [0.1, 0.15) is 22.3 Å². The molecule has 0 unspecified atom stereocenters. The van der Waals surface area contributed by atoms with Crippen LogP contribution in [-0.4, -0.2) is 15.0 Å². The number of rotatable bonds is 5. The summed E-state index contributed by atoms with van der Waals surface area (Å²) in [6, 6.07) is 68.0. The van der Waals surface area contributed by atoms with Crippen LogP contribution in [0.5, 0.6) is 0 Å². The zero-order chi connectivity index (χ0) is 38.2. The molecule has 0 saturated carbocycles. The second-order valence-electron chi connectivity index (χ2n) is 15.6. The Balaban J connectivity index is 1.12. The summed E-state index contributed by atoms with van der Waals surface area (Å²) in [5.41, 5.74) is 18.3. The average molecular weight is 738 g/mol. The minimum atomic E-state index is 0.644. The van der Waals surface area contributed by atoms with Gasteiger partial charge in [-0.05, 0) is 131 Å². The third kappa shape index (κ3) is 5.39. The molecular weight excluding hydrogens is 703 g/mol. The predicted octanol–water partition coefficient (Wildman–Crippen LogP) is 13.7. The van der Waals surface area contributed by atoms with E-state index in [0.29, 0.717) is 17.5 Å². The molecule has 2 aliphatic rings. The maximum Gasteiger partial charge on any atom is 0.164 e. The summed E-state index contributed by atoms with van der Waals surface area (Å²) in [5, 5.41) is 4.66. The van der Waals surface area contributed by atoms with Gasteiger partial charge in [-0.2, -0.15) is 0 Å². The van der Waals surface area contributed by atoms with E-state index in [1.807, 2.05) is 0 Å². The van der Waals surface area contributed by atoms with Gasteiger partial charge in [0.2, 0.25) is 0 Å². The molecule has 3 nitrogen and oxygen atoms in total. The summed E-state index contributed by atoms with van der Waals surface area (Å²) in [7, 11) is 0. The van der Waals surface area contributed by atoms with Gasteiger partial charge in [0.1, 0.15) is 0 Å². The minimum Gasteiger partial charge on any atom is -0.208 e. The first-order valence-corrected chi connectivity index (χ1v) is 20.0. The standard InChI is InChI=1S/C55H35N3/c1-3-13-36-27-42(25-23-34(36)11-1)53-56-54(43-26-24-35-12-2-4-14-37(35)28-43)58-55(57-53)46-32-44(49-21-9-17-40-29-38-15-5-7-19-47(38)51(40)49)31-45(33-46)50-22-10-18-41-30-39-16-6-8-20-48(39)52(41)50/h1-28,31-33H,29-30H2. The number of benzene rings is 9. The summed E-state index contributed by atoms with van der Waals surface area (Å²) in [6.45, 7) is 0. The highest BCUT2D eigenvalue weighted by Crippen LogP contribution is 2.47. The molecular formula is C55H35N3. The molecule has 0 fully saturated rings. The lowest BCUT2D eigenvalue weighted by atomic mass is 9.88. The highest BCUT2D eigenvalue weighted by molar-refractivity contribution is 5.96. The van der Waals surface area contributed by atoms with Crippen molar-refractivity contribution in [1.82, 2.24) is 15.0 Å². The first kappa shape index (κ1) is 32.7. The van der Waals surface area contributed by atoms with Crippen molar-refractivity contribution in [2.24, 2.45) is 0 Å². The highest BCUT2D eigenvalue weighted by Gasteiger charge is 2.25. The van der Waals surface area contributed by atoms with E-state index < -0.39 is 0 Å². The summed E-state index contributed by atoms with van der Waals surface area (Å²) >= 11 is 0. The maximum atomic E-state index is 5.33. The second kappa shape index (κ2) is 13.0. The van der Waals surface area contributed by atoms with Crippen molar-refractivity contribution in [1.29, 1.82) is 0 Å². The lowest BCUT2D eigenvalue weighted by Crippen LogP contribution is -2.01. The van der Waals surface area contributed by atoms with Crippen molar-refractivity contribution < 1.29 is 0 Å². The lowest BCUT2D eigenvalue weighted by Gasteiger charge is -2.17. The third-order valence-electron chi connectivity index (χ3n) is 12.1. The normalized spacial score (nSPS) is 12.3. The van der Waals surface area contributed by atoms with Gasteiger partial charge in [-0.15, -0.1) is 0 Å². The molecule has 58 heavy (non-hydrogen) atoms. The molecule has 10 aromatic rings. The lowest BCUT2D eigenvalue weighted by molar-refractivity contribution is 1.08. The summed E-state index contributed by atoms with van der Waals surface area (Å²) in [6.07, 6.45) is 1.87. The fraction of sp³-hybridized carbons (Fsp3) is 0.0364. The van der Waals surface area contributed by atoms with Gasteiger partial charge in [-0.1, -0.05) is 158 Å². The molecule has 0 radical (unpaired) electrons. The smallest absolute Gasteiger partial charge is 0.164 e. The number of nitrogens with zero attached hydrogens (tertiary/aromatic N) is 3. The van der Waals surface area contributed by atoms with Crippen LogP contribution in [-0.2, 0) is 12.8 Å². The summed E-state index contributed by atoms with van der Waals surface area (Å²) < 4.78 is 0. The number of hydrogen-bond donors (Lipinski definition) is 0. The minimum absolute atomic E-state index is 0.644. The van der Waals surface area contributed by atoms with Crippen LogP contribution in [0.2, 0.25) is 0 Å². The molecule has 1 heterocycles. The van der Waals surface area contributed by atoms with Crippen LogP contribution in [0.4, 0.5) is 0 Å². The number of hydrogen-bond acceptors (Lipinski definition) is 3. The van der Waals surface area contributed by atoms with Gasteiger partial charge in [0.05, 0.1) is 0 Å². The molecule has 3 heteroatoms. The van der Waals surface area contributed by atoms with Gasteiger partial charge in [-0.3, -0.25) is 0 Å². The molecule has 0 atom stereocenters. The number of aromatic nitrogens is 3. The van der Waals surface area contributed by atoms with E-state index in [-0.39, 0.29) is 0 Å². The van der Waals surface area contributed by atoms with Crippen LogP contribution in [0, 0.1) is 0 Å². The molecule has 12 rings (SSSR count). The van der Waals surface area contributed by atoms with Crippen molar-refractivity contribution in [2.75, 3.05) is 0 Å². The molecule has 9 aromatic carbocycles. The van der Waals surface area contributed by atoms with Crippen molar-refractivity contribution in [3.8, 4) is 78.7 Å². The summed E-state index contributed by atoms with van der Waals surface area (Å²) in [4.78, 5) is 15.9. The Bertz CT molecular complexity index is 3090. The largest absolute Gasteiger partial charge is 0.208 e. The molecule has 2 aliphatic carbocycles. The van der Waals surface area contributed by atoms with Crippen LogP contribution < -0.4 is 0 Å². The van der Waals surface area contributed by atoms with Crippen LogP contribution in [0.3, 0.4) is 0 Å². The van der Waals surface area contributed by atoms with E-state index in [1.165, 1.54) is 66.4 Å². The molecule has 0 aliphatic heterocycles. The van der Waals surface area contributed by atoms with Gasteiger partial charge in [0.25, 0.3) is 0 Å². The predicted molar refractivity (Wildman–Crippen MR) is 239 cm³/mol. The van der Waals surface area contributed by atoms with Gasteiger partial charge in [-0.25, -0.2) is 15.0 Å². The van der Waals surface area contributed by atoms with E-state index in [0.717, 1.165) is 51.4 Å². The Hall–Kier alpha value is -7.49. The molecule has 0 bridgehead atoms. The first-order chi connectivity index (χ1) is 28.7. The average Bonchev–Trinajstić information content (AvgIpc) is 3.87. The van der Waals surface area contributed by atoms with E-state index in [2.05, 4.69) is 188 Å². The molecule has 0 spiro atoms. The molecule has 270 valence electrons. The zero-order valence-corrected chi connectivity index (χ0v) is 31.7. The van der Waals surface area contributed by atoms with E-state index in [1.54, 1.807) is 0 Å². The quantitative estimate of drug-likeness (QED) is 0.177. The topological polar surface area (TPSA) is 38.7 Å². The molecule has 0 saturated heterocycles. The van der Waals surface area contributed by atoms with Crippen molar-refractivity contribution in [2.45, 2.75) is 12.8 Å². The SMILES string of the molecule is c1ccc2c(c1)Cc1cccc(-c3cc(-c4nc(-c5ccc6ccccc6c5)nc(-c5ccc6ccccc6c5)n4)cc(-c4cccc5c4-c4ccccc4C5)c3)c1-2. The van der Waals surface area contributed by atoms with Gasteiger partial charge in [0, 0.05) is 16.7 Å². The Morgan fingerprint density at radius 1 is 0.259 bits per heavy atom. The fourth-order valence-corrected chi connectivity index (χ4v) is 9.35. The van der Waals surface area contributed by atoms with Crippen LogP contribution >= 0.6 is 0 Å². The van der Waals surface area contributed by atoms with Crippen molar-refractivity contribution >= 4 is 21.5 Å². The van der Waals surface area contributed by atoms with E-state index in [9.17, 15) is 0 Å². The Kier molecular flexibility index (Phi) is 7.36. The van der Waals surface area contributed by atoms with Gasteiger partial charge < -0.3 is 0 Å². The molecule has 0 amide bonds. The van der Waals surface area contributed by atoms with Crippen molar-refractivity contribution in [3.05, 3.63) is 210 Å². The monoisotopic (exact) mass is 737 g/mol. The zero-order valence-electron chi connectivity index (χ0n) is 31.7. The highest BCUT2D eigenvalue weighted by atomic mass is 15.0. The molecule has 0 N–H and O–H groups in total. The van der Waals surface area contributed by atoms with Crippen LogP contribution in [0.15, 0.2) is 188 Å². The third-order valence-corrected chi connectivity index (χ3v) is 12.1. The maximum absolute atomic E-state index is 5.33. The van der Waals surface area contributed by atoms with Crippen LogP contribution in [0.25, 0.3) is 100 Å². The first-order valence-electron chi connectivity index (χ1n) is 20.0. The van der Waals surface area contributed by atoms with E-state index >= 15 is 0 Å².